The van der Waals surface area contributed by atoms with E-state index in [2.05, 4.69) is 18.8 Å². The van der Waals surface area contributed by atoms with E-state index in [1.54, 1.807) is 12.1 Å². The SMILES string of the molecule is CCCC#CCC(C)[C@H](O)CCC1CCC(=O)N1CCc1ccc(C(=O)O)cc1. The van der Waals surface area contributed by atoms with E-state index >= 15 is 0 Å². The van der Waals surface area contributed by atoms with Gasteiger partial charge in [-0.25, -0.2) is 4.79 Å². The first-order chi connectivity index (χ1) is 13.9. The number of carbonyl (C=O) groups excluding carboxylic acids is 1. The van der Waals surface area contributed by atoms with Gasteiger partial charge >= 0.3 is 5.97 Å². The number of rotatable bonds is 10. The van der Waals surface area contributed by atoms with E-state index in [1.165, 1.54) is 0 Å². The highest BCUT2D eigenvalue weighted by Crippen LogP contribution is 2.25. The fourth-order valence-electron chi connectivity index (χ4n) is 3.69. The molecule has 2 rings (SSSR count). The van der Waals surface area contributed by atoms with Crippen molar-refractivity contribution in [1.29, 1.82) is 0 Å². The van der Waals surface area contributed by atoms with Crippen molar-refractivity contribution in [3.05, 3.63) is 35.4 Å². The fraction of sp³-hybridized carbons (Fsp3) is 0.583. The molecule has 0 spiro atoms. The second kappa shape index (κ2) is 11.6. The van der Waals surface area contributed by atoms with Crippen molar-refractivity contribution in [1.82, 2.24) is 4.90 Å². The number of carboxylic acid groups (broad SMARTS) is 1. The van der Waals surface area contributed by atoms with E-state index in [0.717, 1.165) is 31.2 Å². The van der Waals surface area contributed by atoms with Crippen LogP contribution < -0.4 is 0 Å². The van der Waals surface area contributed by atoms with E-state index in [-0.39, 0.29) is 23.4 Å². The third-order valence-corrected chi connectivity index (χ3v) is 5.67. The van der Waals surface area contributed by atoms with Gasteiger partial charge in [0.15, 0.2) is 0 Å². The summed E-state index contributed by atoms with van der Waals surface area (Å²) in [6.07, 6.45) is 5.86. The van der Waals surface area contributed by atoms with Crippen LogP contribution in [-0.4, -0.2) is 45.7 Å². The van der Waals surface area contributed by atoms with Gasteiger partial charge in [0, 0.05) is 31.8 Å². The third-order valence-electron chi connectivity index (χ3n) is 5.67. The average molecular weight is 400 g/mol. The van der Waals surface area contributed by atoms with Gasteiger partial charge in [-0.05, 0) is 55.7 Å². The number of aliphatic hydroxyl groups excluding tert-OH is 1. The zero-order chi connectivity index (χ0) is 21.2. The molecule has 5 nitrogen and oxygen atoms in total. The molecule has 0 radical (unpaired) electrons. The average Bonchev–Trinajstić information content (AvgIpc) is 3.07. The number of benzene rings is 1. The van der Waals surface area contributed by atoms with E-state index < -0.39 is 12.1 Å². The van der Waals surface area contributed by atoms with Crippen LogP contribution in [0.25, 0.3) is 0 Å². The molecule has 5 heteroatoms. The van der Waals surface area contributed by atoms with Gasteiger partial charge in [0.25, 0.3) is 0 Å². The van der Waals surface area contributed by atoms with E-state index in [1.807, 2.05) is 24.0 Å². The largest absolute Gasteiger partial charge is 0.478 e. The van der Waals surface area contributed by atoms with Crippen LogP contribution >= 0.6 is 0 Å². The predicted molar refractivity (Wildman–Crippen MR) is 114 cm³/mol. The maximum atomic E-state index is 12.3. The van der Waals surface area contributed by atoms with Crippen LogP contribution in [0.4, 0.5) is 0 Å². The Hall–Kier alpha value is -2.32. The molecule has 1 heterocycles. The van der Waals surface area contributed by atoms with Crippen molar-refractivity contribution >= 4 is 11.9 Å². The second-order valence-electron chi connectivity index (χ2n) is 7.96. The minimum Gasteiger partial charge on any atom is -0.478 e. The summed E-state index contributed by atoms with van der Waals surface area (Å²) >= 11 is 0. The van der Waals surface area contributed by atoms with Crippen molar-refractivity contribution in [2.45, 2.75) is 77.4 Å². The Morgan fingerprint density at radius 3 is 2.66 bits per heavy atom. The Kier molecular flexibility index (Phi) is 9.21. The number of nitrogens with zero attached hydrogens (tertiary/aromatic N) is 1. The maximum Gasteiger partial charge on any atom is 0.335 e. The van der Waals surface area contributed by atoms with Crippen LogP contribution in [0.5, 0.6) is 0 Å². The first kappa shape index (κ1) is 23.0. The molecule has 1 aromatic carbocycles. The Bertz CT molecular complexity index is 731. The molecule has 1 aliphatic heterocycles. The predicted octanol–water partition coefficient (Wildman–Crippen LogP) is 3.89. The molecule has 0 bridgehead atoms. The summed E-state index contributed by atoms with van der Waals surface area (Å²) < 4.78 is 0. The van der Waals surface area contributed by atoms with Gasteiger partial charge in [0.1, 0.15) is 0 Å². The molecule has 3 atom stereocenters. The number of aromatic carboxylic acids is 1. The van der Waals surface area contributed by atoms with E-state index in [9.17, 15) is 14.7 Å². The fourth-order valence-corrected chi connectivity index (χ4v) is 3.69. The number of carboxylic acids is 1. The van der Waals surface area contributed by atoms with Crippen molar-refractivity contribution < 1.29 is 19.8 Å². The van der Waals surface area contributed by atoms with Gasteiger partial charge in [0.2, 0.25) is 5.91 Å². The molecular weight excluding hydrogens is 366 g/mol. The Labute approximate surface area is 174 Å². The van der Waals surface area contributed by atoms with Crippen LogP contribution in [0.1, 0.15) is 74.7 Å². The number of aliphatic hydroxyl groups is 1. The molecule has 0 saturated carbocycles. The number of unbranched alkanes of at least 4 members (excludes halogenated alkanes) is 1. The Morgan fingerprint density at radius 2 is 2.00 bits per heavy atom. The van der Waals surface area contributed by atoms with Crippen LogP contribution in [0, 0.1) is 17.8 Å². The van der Waals surface area contributed by atoms with E-state index in [4.69, 9.17) is 5.11 Å². The topological polar surface area (TPSA) is 77.8 Å². The number of carbonyl (C=O) groups is 2. The molecule has 1 aromatic rings. The Balaban J connectivity index is 1.82. The van der Waals surface area contributed by atoms with Gasteiger partial charge in [0.05, 0.1) is 11.7 Å². The summed E-state index contributed by atoms with van der Waals surface area (Å²) in [5.74, 6) is 5.65. The van der Waals surface area contributed by atoms with Crippen LogP contribution in [0.15, 0.2) is 24.3 Å². The van der Waals surface area contributed by atoms with Gasteiger partial charge in [-0.2, -0.15) is 0 Å². The van der Waals surface area contributed by atoms with E-state index in [0.29, 0.717) is 32.2 Å². The smallest absolute Gasteiger partial charge is 0.335 e. The van der Waals surface area contributed by atoms with Crippen molar-refractivity contribution in [3.8, 4) is 11.8 Å². The van der Waals surface area contributed by atoms with Crippen molar-refractivity contribution in [3.63, 3.8) is 0 Å². The summed E-state index contributed by atoms with van der Waals surface area (Å²) in [6.45, 7) is 4.76. The quantitative estimate of drug-likeness (QED) is 0.585. The molecular formula is C24H33NO4. The highest BCUT2D eigenvalue weighted by Gasteiger charge is 2.31. The zero-order valence-electron chi connectivity index (χ0n) is 17.6. The number of hydrogen-bond acceptors (Lipinski definition) is 3. The summed E-state index contributed by atoms with van der Waals surface area (Å²) in [4.78, 5) is 25.2. The van der Waals surface area contributed by atoms with Crippen LogP contribution in [-0.2, 0) is 11.2 Å². The van der Waals surface area contributed by atoms with Crippen molar-refractivity contribution in [2.24, 2.45) is 5.92 Å². The molecule has 1 amide bonds. The monoisotopic (exact) mass is 399 g/mol. The number of likely N-dealkylation sites (tertiary alicyclic amines) is 1. The molecule has 1 aliphatic rings. The summed E-state index contributed by atoms with van der Waals surface area (Å²) in [7, 11) is 0. The number of amides is 1. The highest BCUT2D eigenvalue weighted by molar-refractivity contribution is 5.87. The van der Waals surface area contributed by atoms with Crippen LogP contribution in [0.3, 0.4) is 0 Å². The maximum absolute atomic E-state index is 12.3. The van der Waals surface area contributed by atoms with Gasteiger partial charge in [-0.15, -0.1) is 11.8 Å². The lowest BCUT2D eigenvalue weighted by atomic mass is 9.95. The highest BCUT2D eigenvalue weighted by atomic mass is 16.4. The lowest BCUT2D eigenvalue weighted by molar-refractivity contribution is -0.129. The molecule has 29 heavy (non-hydrogen) atoms. The molecule has 1 fully saturated rings. The number of hydrogen-bond donors (Lipinski definition) is 2. The van der Waals surface area contributed by atoms with Gasteiger partial charge in [-0.1, -0.05) is 26.0 Å². The second-order valence-corrected chi connectivity index (χ2v) is 7.96. The minimum atomic E-state index is -0.935. The zero-order valence-corrected chi connectivity index (χ0v) is 17.6. The minimum absolute atomic E-state index is 0.137. The first-order valence-corrected chi connectivity index (χ1v) is 10.7. The lowest BCUT2D eigenvalue weighted by Gasteiger charge is -2.26. The Morgan fingerprint density at radius 1 is 1.28 bits per heavy atom. The summed E-state index contributed by atoms with van der Waals surface area (Å²) in [5, 5.41) is 19.4. The van der Waals surface area contributed by atoms with Crippen LogP contribution in [0.2, 0.25) is 0 Å². The van der Waals surface area contributed by atoms with Gasteiger partial charge < -0.3 is 15.1 Å². The summed E-state index contributed by atoms with van der Waals surface area (Å²) in [6, 6.07) is 6.99. The first-order valence-electron chi connectivity index (χ1n) is 10.7. The molecule has 158 valence electrons. The molecule has 2 N–H and O–H groups in total. The lowest BCUT2D eigenvalue weighted by Crippen LogP contribution is -2.35. The molecule has 1 saturated heterocycles. The third kappa shape index (κ3) is 7.21. The van der Waals surface area contributed by atoms with Gasteiger partial charge in [-0.3, -0.25) is 4.79 Å². The summed E-state index contributed by atoms with van der Waals surface area (Å²) in [5.41, 5.74) is 1.29. The normalized spacial score (nSPS) is 18.2. The molecule has 2 unspecified atom stereocenters. The standard InChI is InChI=1S/C24H33NO4/c1-3-4-5-6-7-18(2)22(26)14-12-21-13-15-23(27)25(21)17-16-19-8-10-20(11-9-19)24(28)29/h8-11,18,21-22,26H,3-4,7,12-17H2,1-2H3,(H,28,29)/t18?,21?,22-/m1/s1. The molecule has 0 aliphatic carbocycles. The van der Waals surface area contributed by atoms with Crippen molar-refractivity contribution in [2.75, 3.05) is 6.54 Å². The molecule has 0 aromatic heterocycles.